The van der Waals surface area contributed by atoms with Crippen LogP contribution in [0.25, 0.3) is 5.57 Å². The first-order valence-electron chi connectivity index (χ1n) is 10.0. The number of aliphatic hydroxyl groups excluding tert-OH is 1. The summed E-state index contributed by atoms with van der Waals surface area (Å²) in [5.41, 5.74) is 2.38. The number of piperazine rings is 1. The van der Waals surface area contributed by atoms with Crippen molar-refractivity contribution in [2.75, 3.05) is 63.2 Å². The van der Waals surface area contributed by atoms with Gasteiger partial charge in [-0.3, -0.25) is 9.59 Å². The molecule has 7 nitrogen and oxygen atoms in total. The minimum absolute atomic E-state index is 0.0983. The molecule has 2 amide bonds. The van der Waals surface area contributed by atoms with E-state index in [1.807, 2.05) is 41.8 Å². The van der Waals surface area contributed by atoms with Gasteiger partial charge in [0.05, 0.1) is 17.9 Å². The van der Waals surface area contributed by atoms with Gasteiger partial charge >= 0.3 is 0 Å². The van der Waals surface area contributed by atoms with Gasteiger partial charge in [-0.05, 0) is 42.8 Å². The number of carbonyl (C=O) groups excluding carboxylic acids is 2. The number of carbonyl (C=O) groups is 2. The molecule has 1 saturated heterocycles. The van der Waals surface area contributed by atoms with Crippen molar-refractivity contribution >= 4 is 40.1 Å². The molecule has 2 aliphatic heterocycles. The van der Waals surface area contributed by atoms with E-state index in [0.29, 0.717) is 17.0 Å². The van der Waals surface area contributed by atoms with Crippen LogP contribution in [0.2, 0.25) is 0 Å². The average molecular weight is 427 g/mol. The molecular weight excluding hydrogens is 400 g/mol. The Morgan fingerprint density at radius 3 is 2.27 bits per heavy atom. The Morgan fingerprint density at radius 1 is 1.00 bits per heavy atom. The average Bonchev–Trinajstić information content (AvgIpc) is 3.35. The van der Waals surface area contributed by atoms with Crippen molar-refractivity contribution in [3.05, 3.63) is 52.4 Å². The molecule has 2 aliphatic rings. The molecule has 0 saturated carbocycles. The maximum absolute atomic E-state index is 13.3. The van der Waals surface area contributed by atoms with E-state index in [4.69, 9.17) is 0 Å². The normalized spacial score (nSPS) is 18.0. The standard InChI is InChI=1S/C22H26N4O3S/c1-23-9-11-25(12-10-23)16-5-7-17(8-6-16)26-21(28)19(18-4-3-15-30-18)20(22(26)29)24(2)13-14-27/h3-8,15,27H,9-14H2,1-2H3. The molecule has 0 aliphatic carbocycles. The lowest BCUT2D eigenvalue weighted by Crippen LogP contribution is -2.44. The highest BCUT2D eigenvalue weighted by Crippen LogP contribution is 2.36. The van der Waals surface area contributed by atoms with Crippen LogP contribution >= 0.6 is 11.3 Å². The van der Waals surface area contributed by atoms with Crippen molar-refractivity contribution in [2.24, 2.45) is 0 Å². The Kier molecular flexibility index (Phi) is 5.90. The zero-order valence-corrected chi connectivity index (χ0v) is 18.1. The van der Waals surface area contributed by atoms with Crippen LogP contribution in [-0.4, -0.2) is 80.1 Å². The molecule has 158 valence electrons. The first-order chi connectivity index (χ1) is 14.5. The van der Waals surface area contributed by atoms with Crippen molar-refractivity contribution in [1.82, 2.24) is 9.80 Å². The van der Waals surface area contributed by atoms with Crippen LogP contribution in [0.4, 0.5) is 11.4 Å². The molecule has 0 spiro atoms. The summed E-state index contributed by atoms with van der Waals surface area (Å²) in [4.78, 5) is 34.8. The fourth-order valence-corrected chi connectivity index (χ4v) is 4.65. The van der Waals surface area contributed by atoms with Gasteiger partial charge in [0.25, 0.3) is 11.8 Å². The van der Waals surface area contributed by atoms with Crippen molar-refractivity contribution in [2.45, 2.75) is 0 Å². The molecule has 1 fully saturated rings. The smallest absolute Gasteiger partial charge is 0.282 e. The van der Waals surface area contributed by atoms with Gasteiger partial charge in [-0.15, -0.1) is 11.3 Å². The molecule has 1 aromatic heterocycles. The van der Waals surface area contributed by atoms with Crippen LogP contribution in [0.5, 0.6) is 0 Å². The Morgan fingerprint density at radius 2 is 1.67 bits per heavy atom. The predicted molar refractivity (Wildman–Crippen MR) is 120 cm³/mol. The second kappa shape index (κ2) is 8.59. The fourth-order valence-electron chi connectivity index (χ4n) is 3.89. The Hall–Kier alpha value is -2.68. The van der Waals surface area contributed by atoms with Gasteiger partial charge in [0.15, 0.2) is 0 Å². The summed E-state index contributed by atoms with van der Waals surface area (Å²) in [6, 6.07) is 11.3. The minimum atomic E-state index is -0.355. The molecule has 1 aromatic carbocycles. The van der Waals surface area contributed by atoms with Gasteiger partial charge in [-0.25, -0.2) is 4.90 Å². The van der Waals surface area contributed by atoms with E-state index in [2.05, 4.69) is 16.8 Å². The molecule has 0 atom stereocenters. The number of amides is 2. The number of hydrogen-bond donors (Lipinski definition) is 1. The third kappa shape index (κ3) is 3.74. The topological polar surface area (TPSA) is 67.3 Å². The molecular formula is C22H26N4O3S. The number of aliphatic hydroxyl groups is 1. The minimum Gasteiger partial charge on any atom is -0.395 e. The number of benzene rings is 1. The van der Waals surface area contributed by atoms with Crippen LogP contribution in [0.3, 0.4) is 0 Å². The molecule has 0 unspecified atom stereocenters. The first-order valence-corrected chi connectivity index (χ1v) is 10.9. The van der Waals surface area contributed by atoms with E-state index < -0.39 is 0 Å². The molecule has 0 bridgehead atoms. The van der Waals surface area contributed by atoms with Gasteiger partial charge in [0.2, 0.25) is 0 Å². The molecule has 4 rings (SSSR count). The van der Waals surface area contributed by atoms with Crippen LogP contribution in [0.1, 0.15) is 4.88 Å². The van der Waals surface area contributed by atoms with Crippen molar-refractivity contribution < 1.29 is 14.7 Å². The highest BCUT2D eigenvalue weighted by Gasteiger charge is 2.42. The lowest BCUT2D eigenvalue weighted by Gasteiger charge is -2.34. The van der Waals surface area contributed by atoms with Gasteiger partial charge in [-0.1, -0.05) is 6.07 Å². The van der Waals surface area contributed by atoms with E-state index in [0.717, 1.165) is 36.7 Å². The van der Waals surface area contributed by atoms with E-state index >= 15 is 0 Å². The number of anilines is 2. The molecule has 8 heteroatoms. The Labute approximate surface area is 180 Å². The summed E-state index contributed by atoms with van der Waals surface area (Å²) in [5, 5.41) is 11.2. The zero-order chi connectivity index (χ0) is 21.3. The summed E-state index contributed by atoms with van der Waals surface area (Å²) in [5.74, 6) is -0.679. The summed E-state index contributed by atoms with van der Waals surface area (Å²) < 4.78 is 0. The maximum atomic E-state index is 13.3. The second-order valence-electron chi connectivity index (χ2n) is 7.60. The largest absolute Gasteiger partial charge is 0.395 e. The number of imide groups is 1. The number of nitrogens with zero attached hydrogens (tertiary/aromatic N) is 4. The van der Waals surface area contributed by atoms with Gasteiger partial charge in [0.1, 0.15) is 5.70 Å². The Bertz CT molecular complexity index is 947. The summed E-state index contributed by atoms with van der Waals surface area (Å²) in [6.07, 6.45) is 0. The zero-order valence-electron chi connectivity index (χ0n) is 17.2. The van der Waals surface area contributed by atoms with Crippen molar-refractivity contribution in [3.63, 3.8) is 0 Å². The molecule has 3 heterocycles. The molecule has 2 aromatic rings. The van der Waals surface area contributed by atoms with Gasteiger partial charge in [-0.2, -0.15) is 0 Å². The second-order valence-corrected chi connectivity index (χ2v) is 8.55. The fraction of sp³-hybridized carbons (Fsp3) is 0.364. The van der Waals surface area contributed by atoms with Gasteiger partial charge in [0, 0.05) is 50.3 Å². The number of hydrogen-bond acceptors (Lipinski definition) is 7. The van der Waals surface area contributed by atoms with Crippen LogP contribution in [0.15, 0.2) is 47.5 Å². The van der Waals surface area contributed by atoms with Gasteiger partial charge < -0.3 is 19.8 Å². The molecule has 0 radical (unpaired) electrons. The monoisotopic (exact) mass is 426 g/mol. The molecule has 30 heavy (non-hydrogen) atoms. The third-order valence-corrected chi connectivity index (χ3v) is 6.51. The summed E-state index contributed by atoms with van der Waals surface area (Å²) in [7, 11) is 3.85. The third-order valence-electron chi connectivity index (χ3n) is 5.62. The number of thiophene rings is 1. The summed E-state index contributed by atoms with van der Waals surface area (Å²) >= 11 is 1.43. The van der Waals surface area contributed by atoms with E-state index in [1.54, 1.807) is 11.9 Å². The van der Waals surface area contributed by atoms with E-state index in [9.17, 15) is 14.7 Å². The SMILES string of the molecule is CN1CCN(c2ccc(N3C(=O)C(c4cccs4)=C(N(C)CCO)C3=O)cc2)CC1. The van der Waals surface area contributed by atoms with E-state index in [1.165, 1.54) is 16.2 Å². The maximum Gasteiger partial charge on any atom is 0.282 e. The van der Waals surface area contributed by atoms with Crippen molar-refractivity contribution in [1.29, 1.82) is 0 Å². The highest BCUT2D eigenvalue weighted by atomic mass is 32.1. The highest BCUT2D eigenvalue weighted by molar-refractivity contribution is 7.11. The lowest BCUT2D eigenvalue weighted by molar-refractivity contribution is -0.120. The molecule has 1 N–H and O–H groups in total. The van der Waals surface area contributed by atoms with Crippen LogP contribution in [0, 0.1) is 0 Å². The van der Waals surface area contributed by atoms with Crippen molar-refractivity contribution in [3.8, 4) is 0 Å². The predicted octanol–water partition coefficient (Wildman–Crippen LogP) is 1.71. The van der Waals surface area contributed by atoms with Crippen LogP contribution < -0.4 is 9.80 Å². The van der Waals surface area contributed by atoms with E-state index in [-0.39, 0.29) is 25.0 Å². The Balaban J connectivity index is 1.62. The first kappa shape index (κ1) is 20.6. The number of rotatable bonds is 6. The lowest BCUT2D eigenvalue weighted by atomic mass is 10.1. The summed E-state index contributed by atoms with van der Waals surface area (Å²) in [6.45, 7) is 4.12. The van der Waals surface area contributed by atoms with Crippen LogP contribution in [-0.2, 0) is 9.59 Å². The quantitative estimate of drug-likeness (QED) is 0.710. The number of likely N-dealkylation sites (N-methyl/N-ethyl adjacent to an activating group) is 2.